The number of rotatable bonds is 7. The van der Waals surface area contributed by atoms with Gasteiger partial charge in [-0.05, 0) is 49.9 Å². The Morgan fingerprint density at radius 2 is 2.24 bits per heavy atom. The van der Waals surface area contributed by atoms with E-state index in [0.717, 1.165) is 48.3 Å². The fourth-order valence-electron chi connectivity index (χ4n) is 3.17. The molecule has 0 aliphatic carbocycles. The first kappa shape index (κ1) is 17.3. The number of benzene rings is 1. The first-order valence-corrected chi connectivity index (χ1v) is 9.11. The zero-order valence-corrected chi connectivity index (χ0v) is 15.2. The van der Waals surface area contributed by atoms with Crippen molar-refractivity contribution in [3.63, 3.8) is 0 Å². The highest BCUT2D eigenvalue weighted by atomic mass is 79.9. The fourth-order valence-corrected chi connectivity index (χ4v) is 3.93. The van der Waals surface area contributed by atoms with Crippen LogP contribution in [0.1, 0.15) is 38.7 Å². The number of halogens is 2. The monoisotopic (exact) mass is 373 g/mol. The lowest BCUT2D eigenvalue weighted by atomic mass is 9.87. The van der Waals surface area contributed by atoms with E-state index in [1.54, 1.807) is 0 Å². The highest BCUT2D eigenvalue weighted by Crippen LogP contribution is 2.30. The average molecular weight is 375 g/mol. The number of hydrogen-bond donors (Lipinski definition) is 1. The van der Waals surface area contributed by atoms with Crippen LogP contribution in [0.3, 0.4) is 0 Å². The van der Waals surface area contributed by atoms with Crippen molar-refractivity contribution >= 4 is 27.5 Å². The molecule has 0 amide bonds. The molecule has 1 saturated heterocycles. The van der Waals surface area contributed by atoms with Crippen molar-refractivity contribution in [2.45, 2.75) is 51.7 Å². The molecule has 0 radical (unpaired) electrons. The third-order valence-electron chi connectivity index (χ3n) is 4.29. The summed E-state index contributed by atoms with van der Waals surface area (Å²) in [6, 6.07) is 6.62. The number of hydrogen-bond acceptors (Lipinski definition) is 2. The molecule has 1 fully saturated rings. The molecule has 3 unspecified atom stereocenters. The van der Waals surface area contributed by atoms with Gasteiger partial charge in [-0.2, -0.15) is 0 Å². The second-order valence-electron chi connectivity index (χ2n) is 5.77. The molecule has 0 aromatic heterocycles. The van der Waals surface area contributed by atoms with Crippen LogP contribution < -0.4 is 5.32 Å². The maximum absolute atomic E-state index is 6.40. The number of nitrogens with one attached hydrogen (secondary N) is 1. The maximum atomic E-state index is 6.40. The van der Waals surface area contributed by atoms with Crippen LogP contribution in [-0.4, -0.2) is 25.3 Å². The molecule has 2 nitrogen and oxygen atoms in total. The molecular weight excluding hydrogens is 350 g/mol. The summed E-state index contributed by atoms with van der Waals surface area (Å²) in [5.74, 6) is 0.585. The molecule has 0 bridgehead atoms. The Labute approximate surface area is 141 Å². The lowest BCUT2D eigenvalue weighted by Gasteiger charge is -2.28. The molecule has 0 saturated carbocycles. The van der Waals surface area contributed by atoms with Crippen molar-refractivity contribution in [3.05, 3.63) is 33.3 Å². The van der Waals surface area contributed by atoms with E-state index in [4.69, 9.17) is 16.3 Å². The molecule has 21 heavy (non-hydrogen) atoms. The van der Waals surface area contributed by atoms with Crippen LogP contribution in [0.4, 0.5) is 0 Å². The molecule has 4 heteroatoms. The largest absolute Gasteiger partial charge is 0.378 e. The third kappa shape index (κ3) is 4.69. The van der Waals surface area contributed by atoms with Gasteiger partial charge in [0.1, 0.15) is 0 Å². The Morgan fingerprint density at radius 1 is 1.43 bits per heavy atom. The SMILES string of the molecule is CCCNC(Cc1ccc(Br)cc1Cl)C1CCOC1CC. The smallest absolute Gasteiger partial charge is 0.0616 e. The predicted octanol–water partition coefficient (Wildman–Crippen LogP) is 4.83. The van der Waals surface area contributed by atoms with Gasteiger partial charge in [0.15, 0.2) is 0 Å². The van der Waals surface area contributed by atoms with Crippen molar-refractivity contribution in [1.82, 2.24) is 5.32 Å². The van der Waals surface area contributed by atoms with Gasteiger partial charge in [0, 0.05) is 28.1 Å². The minimum absolute atomic E-state index is 0.383. The van der Waals surface area contributed by atoms with Gasteiger partial charge in [-0.15, -0.1) is 0 Å². The summed E-state index contributed by atoms with van der Waals surface area (Å²) in [4.78, 5) is 0. The van der Waals surface area contributed by atoms with Crippen LogP contribution in [0.2, 0.25) is 5.02 Å². The van der Waals surface area contributed by atoms with E-state index in [-0.39, 0.29) is 0 Å². The Kier molecular flexibility index (Phi) is 7.00. The fraction of sp³-hybridized carbons (Fsp3) is 0.647. The van der Waals surface area contributed by atoms with E-state index in [2.05, 4.69) is 47.2 Å². The summed E-state index contributed by atoms with van der Waals surface area (Å²) in [5, 5.41) is 4.56. The van der Waals surface area contributed by atoms with Crippen LogP contribution in [0.25, 0.3) is 0 Å². The standard InChI is InChI=1S/C17H25BrClNO/c1-3-8-20-16(14-7-9-21-17(14)4-2)10-12-5-6-13(18)11-15(12)19/h5-6,11,14,16-17,20H,3-4,7-10H2,1-2H3. The second kappa shape index (κ2) is 8.52. The highest BCUT2D eigenvalue weighted by molar-refractivity contribution is 9.10. The summed E-state index contributed by atoms with van der Waals surface area (Å²) in [6.45, 7) is 6.36. The first-order valence-electron chi connectivity index (χ1n) is 7.94. The molecular formula is C17H25BrClNO. The Hall–Kier alpha value is -0.0900. The Balaban J connectivity index is 2.11. The van der Waals surface area contributed by atoms with Crippen molar-refractivity contribution in [3.8, 4) is 0 Å². The van der Waals surface area contributed by atoms with Gasteiger partial charge in [0.2, 0.25) is 0 Å². The molecule has 1 aromatic rings. The topological polar surface area (TPSA) is 21.3 Å². The minimum atomic E-state index is 0.383. The van der Waals surface area contributed by atoms with Gasteiger partial charge in [0.25, 0.3) is 0 Å². The molecule has 1 N–H and O–H groups in total. The zero-order chi connectivity index (χ0) is 15.2. The van der Waals surface area contributed by atoms with E-state index >= 15 is 0 Å². The molecule has 2 rings (SSSR count). The normalized spacial score (nSPS) is 23.4. The molecule has 0 spiro atoms. The van der Waals surface area contributed by atoms with E-state index in [0.29, 0.717) is 18.1 Å². The summed E-state index contributed by atoms with van der Waals surface area (Å²) in [7, 11) is 0. The summed E-state index contributed by atoms with van der Waals surface area (Å²) < 4.78 is 6.91. The van der Waals surface area contributed by atoms with E-state index in [1.807, 2.05) is 6.07 Å². The van der Waals surface area contributed by atoms with Crippen molar-refractivity contribution in [2.24, 2.45) is 5.92 Å². The van der Waals surface area contributed by atoms with Crippen LogP contribution in [0, 0.1) is 5.92 Å². The number of ether oxygens (including phenoxy) is 1. The van der Waals surface area contributed by atoms with E-state index in [9.17, 15) is 0 Å². The molecule has 1 aliphatic rings. The van der Waals surface area contributed by atoms with Gasteiger partial charge in [0.05, 0.1) is 6.10 Å². The van der Waals surface area contributed by atoms with Crippen LogP contribution in [-0.2, 0) is 11.2 Å². The van der Waals surface area contributed by atoms with Crippen LogP contribution in [0.5, 0.6) is 0 Å². The molecule has 118 valence electrons. The third-order valence-corrected chi connectivity index (χ3v) is 5.14. The van der Waals surface area contributed by atoms with Crippen LogP contribution in [0.15, 0.2) is 22.7 Å². The summed E-state index contributed by atoms with van der Waals surface area (Å²) in [6.07, 6.45) is 4.73. The van der Waals surface area contributed by atoms with Crippen LogP contribution >= 0.6 is 27.5 Å². The average Bonchev–Trinajstić information content (AvgIpc) is 2.94. The molecule has 1 aromatic carbocycles. The summed E-state index contributed by atoms with van der Waals surface area (Å²) >= 11 is 9.87. The van der Waals surface area contributed by atoms with Gasteiger partial charge in [-0.1, -0.05) is 47.4 Å². The van der Waals surface area contributed by atoms with Crippen molar-refractivity contribution < 1.29 is 4.74 Å². The maximum Gasteiger partial charge on any atom is 0.0616 e. The minimum Gasteiger partial charge on any atom is -0.378 e. The highest BCUT2D eigenvalue weighted by Gasteiger charge is 2.33. The summed E-state index contributed by atoms with van der Waals surface area (Å²) in [5.41, 5.74) is 1.22. The van der Waals surface area contributed by atoms with Gasteiger partial charge in [-0.3, -0.25) is 0 Å². The lowest BCUT2D eigenvalue weighted by Crippen LogP contribution is -2.42. The second-order valence-corrected chi connectivity index (χ2v) is 7.09. The van der Waals surface area contributed by atoms with E-state index < -0.39 is 0 Å². The predicted molar refractivity (Wildman–Crippen MR) is 93.1 cm³/mol. The van der Waals surface area contributed by atoms with Gasteiger partial charge in [-0.25, -0.2) is 0 Å². The lowest BCUT2D eigenvalue weighted by molar-refractivity contribution is 0.0775. The van der Waals surface area contributed by atoms with Gasteiger partial charge >= 0.3 is 0 Å². The molecule has 1 heterocycles. The Morgan fingerprint density at radius 3 is 2.90 bits per heavy atom. The van der Waals surface area contributed by atoms with E-state index in [1.165, 1.54) is 5.56 Å². The van der Waals surface area contributed by atoms with Crippen molar-refractivity contribution in [2.75, 3.05) is 13.2 Å². The quantitative estimate of drug-likeness (QED) is 0.738. The Bertz CT molecular complexity index is 454. The molecule has 3 atom stereocenters. The first-order chi connectivity index (χ1) is 10.2. The zero-order valence-electron chi connectivity index (χ0n) is 12.9. The van der Waals surface area contributed by atoms with Gasteiger partial charge < -0.3 is 10.1 Å². The van der Waals surface area contributed by atoms with Crippen molar-refractivity contribution in [1.29, 1.82) is 0 Å². The molecule has 1 aliphatic heterocycles.